The molecule has 0 fully saturated rings. The maximum atomic E-state index is 12.8. The molecular weight excluding hydrogens is 293 g/mol. The zero-order valence-corrected chi connectivity index (χ0v) is 13.1. The predicted octanol–water partition coefficient (Wildman–Crippen LogP) is 4.67. The second-order valence-corrected chi connectivity index (χ2v) is 4.80. The fourth-order valence-corrected chi connectivity index (χ4v) is 1.90. The maximum Gasteiger partial charge on any atom is 0.434 e. The molecule has 0 amide bonds. The molecule has 0 radical (unpaired) electrons. The summed E-state index contributed by atoms with van der Waals surface area (Å²) in [5.74, 6) is 0.275. The number of hydrogen-bond acceptors (Lipinski definition) is 2. The fraction of sp³-hybridized carbons (Fsp3) is 0.438. The van der Waals surface area contributed by atoms with Gasteiger partial charge in [0.25, 0.3) is 0 Å². The molecule has 6 heteroatoms. The van der Waals surface area contributed by atoms with Crippen LogP contribution in [0.15, 0.2) is 30.5 Å². The van der Waals surface area contributed by atoms with E-state index in [0.717, 1.165) is 6.20 Å². The standard InChI is InChI=1S/C14H15F3N2O.C2H6/c1-9(2)19-7-12(14(15,16)17)18-13(19)11-5-3-10(8-20)4-6-11;1-2/h3-7,9,20H,8H2,1-2H3;1-2H3. The number of imidazole rings is 1. The molecule has 0 atom stereocenters. The van der Waals surface area contributed by atoms with E-state index in [1.165, 1.54) is 4.57 Å². The van der Waals surface area contributed by atoms with E-state index in [9.17, 15) is 13.2 Å². The van der Waals surface area contributed by atoms with Crippen molar-refractivity contribution in [3.8, 4) is 11.4 Å². The lowest BCUT2D eigenvalue weighted by molar-refractivity contribution is -0.140. The monoisotopic (exact) mass is 314 g/mol. The third-order valence-corrected chi connectivity index (χ3v) is 2.97. The zero-order chi connectivity index (χ0) is 16.9. The van der Waals surface area contributed by atoms with E-state index in [1.807, 2.05) is 13.8 Å². The molecule has 1 heterocycles. The number of rotatable bonds is 3. The first-order chi connectivity index (χ1) is 10.3. The highest BCUT2D eigenvalue weighted by Crippen LogP contribution is 2.32. The van der Waals surface area contributed by atoms with Gasteiger partial charge in [0.15, 0.2) is 5.69 Å². The van der Waals surface area contributed by atoms with E-state index in [4.69, 9.17) is 5.11 Å². The van der Waals surface area contributed by atoms with Crippen molar-refractivity contribution in [2.75, 3.05) is 0 Å². The van der Waals surface area contributed by atoms with Gasteiger partial charge in [-0.3, -0.25) is 0 Å². The summed E-state index contributed by atoms with van der Waals surface area (Å²) in [6.45, 7) is 7.49. The fourth-order valence-electron chi connectivity index (χ4n) is 1.90. The minimum absolute atomic E-state index is 0.104. The topological polar surface area (TPSA) is 38.0 Å². The smallest absolute Gasteiger partial charge is 0.392 e. The Kier molecular flexibility index (Phi) is 6.17. The minimum atomic E-state index is -4.46. The highest BCUT2D eigenvalue weighted by Gasteiger charge is 2.35. The molecule has 0 spiro atoms. The number of halogens is 3. The van der Waals surface area contributed by atoms with Crippen molar-refractivity contribution in [3.63, 3.8) is 0 Å². The quantitative estimate of drug-likeness (QED) is 0.894. The van der Waals surface area contributed by atoms with Gasteiger partial charge in [0.1, 0.15) is 5.82 Å². The zero-order valence-electron chi connectivity index (χ0n) is 13.1. The number of aliphatic hydroxyl groups excluding tert-OH is 1. The maximum absolute atomic E-state index is 12.8. The van der Waals surface area contributed by atoms with Crippen LogP contribution in [0.25, 0.3) is 11.4 Å². The first kappa shape index (κ1) is 18.2. The Hall–Kier alpha value is -1.82. The SMILES string of the molecule is CC.CC(C)n1cc(C(F)(F)F)nc1-c1ccc(CO)cc1. The van der Waals surface area contributed by atoms with Crippen LogP contribution in [-0.2, 0) is 12.8 Å². The summed E-state index contributed by atoms with van der Waals surface area (Å²) in [4.78, 5) is 3.70. The summed E-state index contributed by atoms with van der Waals surface area (Å²) in [5.41, 5.74) is 0.395. The number of hydrogen-bond donors (Lipinski definition) is 1. The largest absolute Gasteiger partial charge is 0.434 e. The van der Waals surface area contributed by atoms with Gasteiger partial charge >= 0.3 is 6.18 Å². The molecule has 2 aromatic rings. The Morgan fingerprint density at radius 3 is 2.09 bits per heavy atom. The van der Waals surface area contributed by atoms with Crippen LogP contribution in [0.1, 0.15) is 45.0 Å². The number of aromatic nitrogens is 2. The van der Waals surface area contributed by atoms with Crippen LogP contribution < -0.4 is 0 Å². The molecule has 0 bridgehead atoms. The first-order valence-corrected chi connectivity index (χ1v) is 7.19. The van der Waals surface area contributed by atoms with Crippen molar-refractivity contribution < 1.29 is 18.3 Å². The second kappa shape index (κ2) is 7.45. The van der Waals surface area contributed by atoms with Crippen molar-refractivity contribution >= 4 is 0 Å². The normalized spacial score (nSPS) is 11.3. The van der Waals surface area contributed by atoms with Gasteiger partial charge in [-0.1, -0.05) is 38.1 Å². The van der Waals surface area contributed by atoms with E-state index in [2.05, 4.69) is 4.98 Å². The summed E-state index contributed by atoms with van der Waals surface area (Å²) in [6, 6.07) is 6.52. The van der Waals surface area contributed by atoms with Gasteiger partial charge in [-0.2, -0.15) is 13.2 Å². The molecule has 3 nitrogen and oxygen atoms in total. The summed E-state index contributed by atoms with van der Waals surface area (Å²) in [7, 11) is 0. The van der Waals surface area contributed by atoms with Crippen LogP contribution in [0.2, 0.25) is 0 Å². The van der Waals surface area contributed by atoms with E-state index < -0.39 is 11.9 Å². The molecule has 0 aliphatic carbocycles. The number of alkyl halides is 3. The molecular formula is C16H21F3N2O. The minimum Gasteiger partial charge on any atom is -0.392 e. The van der Waals surface area contributed by atoms with Gasteiger partial charge in [-0.05, 0) is 19.4 Å². The van der Waals surface area contributed by atoms with Crippen LogP contribution in [0, 0.1) is 0 Å². The molecule has 1 aromatic heterocycles. The molecule has 22 heavy (non-hydrogen) atoms. The molecule has 0 aliphatic rings. The van der Waals surface area contributed by atoms with Gasteiger partial charge < -0.3 is 9.67 Å². The molecule has 0 aliphatic heterocycles. The molecule has 1 aromatic carbocycles. The van der Waals surface area contributed by atoms with E-state index in [0.29, 0.717) is 11.1 Å². The van der Waals surface area contributed by atoms with Gasteiger partial charge in [-0.25, -0.2) is 4.98 Å². The average molecular weight is 314 g/mol. The Balaban J connectivity index is 0.00000116. The summed E-state index contributed by atoms with van der Waals surface area (Å²) in [5, 5.41) is 8.98. The molecule has 0 unspecified atom stereocenters. The molecule has 0 saturated carbocycles. The molecule has 2 rings (SSSR count). The highest BCUT2D eigenvalue weighted by atomic mass is 19.4. The predicted molar refractivity (Wildman–Crippen MR) is 80.3 cm³/mol. The van der Waals surface area contributed by atoms with Crippen molar-refractivity contribution in [2.45, 2.75) is 46.5 Å². The van der Waals surface area contributed by atoms with Crippen LogP contribution >= 0.6 is 0 Å². The van der Waals surface area contributed by atoms with Crippen LogP contribution in [0.3, 0.4) is 0 Å². The van der Waals surface area contributed by atoms with Gasteiger partial charge in [-0.15, -0.1) is 0 Å². The lowest BCUT2D eigenvalue weighted by Gasteiger charge is -2.11. The Labute approximate surface area is 128 Å². The van der Waals surface area contributed by atoms with Gasteiger partial charge in [0, 0.05) is 17.8 Å². The van der Waals surface area contributed by atoms with Crippen molar-refractivity contribution in [3.05, 3.63) is 41.7 Å². The second-order valence-electron chi connectivity index (χ2n) is 4.80. The first-order valence-electron chi connectivity index (χ1n) is 7.19. The van der Waals surface area contributed by atoms with E-state index >= 15 is 0 Å². The van der Waals surface area contributed by atoms with Gasteiger partial charge in [0.05, 0.1) is 6.61 Å². The third kappa shape index (κ3) is 4.10. The van der Waals surface area contributed by atoms with Crippen LogP contribution in [0.4, 0.5) is 13.2 Å². The summed E-state index contributed by atoms with van der Waals surface area (Å²) >= 11 is 0. The lowest BCUT2D eigenvalue weighted by Crippen LogP contribution is -2.05. The van der Waals surface area contributed by atoms with Gasteiger partial charge in [0.2, 0.25) is 0 Å². The number of benzene rings is 1. The molecule has 122 valence electrons. The Morgan fingerprint density at radius 2 is 1.68 bits per heavy atom. The highest BCUT2D eigenvalue weighted by molar-refractivity contribution is 5.57. The average Bonchev–Trinajstić information content (AvgIpc) is 2.95. The number of nitrogens with zero attached hydrogens (tertiary/aromatic N) is 2. The van der Waals surface area contributed by atoms with Crippen LogP contribution in [0.5, 0.6) is 0 Å². The Bertz CT molecular complexity index is 586. The Morgan fingerprint density at radius 1 is 1.14 bits per heavy atom. The van der Waals surface area contributed by atoms with E-state index in [-0.39, 0.29) is 18.5 Å². The van der Waals surface area contributed by atoms with Crippen molar-refractivity contribution in [1.82, 2.24) is 9.55 Å². The van der Waals surface area contributed by atoms with Crippen LogP contribution in [-0.4, -0.2) is 14.7 Å². The van der Waals surface area contributed by atoms with Crippen molar-refractivity contribution in [2.24, 2.45) is 0 Å². The van der Waals surface area contributed by atoms with Crippen molar-refractivity contribution in [1.29, 1.82) is 0 Å². The lowest BCUT2D eigenvalue weighted by atomic mass is 10.1. The number of aliphatic hydroxyl groups is 1. The summed E-state index contributed by atoms with van der Waals surface area (Å²) < 4.78 is 39.8. The third-order valence-electron chi connectivity index (χ3n) is 2.97. The molecule has 1 N–H and O–H groups in total. The summed E-state index contributed by atoms with van der Waals surface area (Å²) in [6.07, 6.45) is -3.43. The van der Waals surface area contributed by atoms with E-state index in [1.54, 1.807) is 38.1 Å². The molecule has 0 saturated heterocycles.